The molecule has 0 bridgehead atoms. The van der Waals surface area contributed by atoms with Crippen molar-refractivity contribution in [2.75, 3.05) is 24.7 Å². The van der Waals surface area contributed by atoms with Gasteiger partial charge in [-0.2, -0.15) is 0 Å². The molecule has 8 heteroatoms. The number of hydrogen-bond donors (Lipinski definition) is 1. The maximum Gasteiger partial charge on any atom is 0.156 e. The van der Waals surface area contributed by atoms with Crippen LogP contribution < -0.4 is 10.1 Å². The van der Waals surface area contributed by atoms with Crippen molar-refractivity contribution in [3.63, 3.8) is 0 Å². The molecule has 4 rings (SSSR count). The molecule has 2 aromatic carbocycles. The summed E-state index contributed by atoms with van der Waals surface area (Å²) in [5, 5.41) is 3.17. The SMILES string of the molecule is COc1ccc(-c2cc3ncnc(NCCS(=O)(=O)Cc4ccccc4)c3s2)cc1. The zero-order valence-corrected chi connectivity index (χ0v) is 18.0. The van der Waals surface area contributed by atoms with Gasteiger partial charge in [0.15, 0.2) is 9.84 Å². The van der Waals surface area contributed by atoms with Crippen molar-refractivity contribution >= 4 is 37.2 Å². The van der Waals surface area contributed by atoms with Gasteiger partial charge in [-0.15, -0.1) is 11.3 Å². The predicted octanol–water partition coefficient (Wildman–Crippen LogP) is 4.39. The molecule has 0 saturated carbocycles. The van der Waals surface area contributed by atoms with Crippen LogP contribution in [-0.4, -0.2) is 37.8 Å². The zero-order chi connectivity index (χ0) is 21.0. The number of rotatable bonds is 8. The van der Waals surface area contributed by atoms with Crippen LogP contribution in [0.15, 0.2) is 67.0 Å². The summed E-state index contributed by atoms with van der Waals surface area (Å²) in [4.78, 5) is 9.73. The Morgan fingerprint density at radius 3 is 2.53 bits per heavy atom. The number of nitrogens with zero attached hydrogens (tertiary/aromatic N) is 2. The van der Waals surface area contributed by atoms with Crippen LogP contribution in [-0.2, 0) is 15.6 Å². The van der Waals surface area contributed by atoms with Gasteiger partial charge in [-0.1, -0.05) is 30.3 Å². The summed E-state index contributed by atoms with van der Waals surface area (Å²) in [6.45, 7) is 0.289. The van der Waals surface area contributed by atoms with Crippen molar-refractivity contribution < 1.29 is 13.2 Å². The molecule has 0 saturated heterocycles. The number of sulfone groups is 1. The molecule has 0 spiro atoms. The van der Waals surface area contributed by atoms with Crippen LogP contribution in [0.4, 0.5) is 5.82 Å². The smallest absolute Gasteiger partial charge is 0.156 e. The van der Waals surface area contributed by atoms with Crippen molar-refractivity contribution in [3.05, 3.63) is 72.6 Å². The molecule has 0 fully saturated rings. The lowest BCUT2D eigenvalue weighted by Crippen LogP contribution is -2.17. The molecule has 2 aromatic heterocycles. The Bertz CT molecular complexity index is 1240. The van der Waals surface area contributed by atoms with E-state index in [1.807, 2.05) is 60.7 Å². The third-order valence-corrected chi connectivity index (χ3v) is 7.40. The van der Waals surface area contributed by atoms with Crippen molar-refractivity contribution in [3.8, 4) is 16.2 Å². The highest BCUT2D eigenvalue weighted by Crippen LogP contribution is 2.36. The van der Waals surface area contributed by atoms with E-state index in [0.29, 0.717) is 5.82 Å². The first-order valence-corrected chi connectivity index (χ1v) is 12.0. The fourth-order valence-electron chi connectivity index (χ4n) is 3.10. The van der Waals surface area contributed by atoms with Gasteiger partial charge in [0, 0.05) is 11.4 Å². The third-order valence-electron chi connectivity index (χ3n) is 4.62. The summed E-state index contributed by atoms with van der Waals surface area (Å²) in [5.41, 5.74) is 2.69. The quantitative estimate of drug-likeness (QED) is 0.438. The van der Waals surface area contributed by atoms with E-state index in [0.717, 1.165) is 32.0 Å². The molecule has 6 nitrogen and oxygen atoms in total. The van der Waals surface area contributed by atoms with Crippen LogP contribution in [0.2, 0.25) is 0 Å². The van der Waals surface area contributed by atoms with E-state index in [1.165, 1.54) is 6.33 Å². The lowest BCUT2D eigenvalue weighted by Gasteiger charge is -2.07. The predicted molar refractivity (Wildman–Crippen MR) is 122 cm³/mol. The maximum absolute atomic E-state index is 12.4. The standard InChI is InChI=1S/C22H21N3O3S2/c1-28-18-9-7-17(8-10-18)20-13-19-21(29-20)22(25-15-24-19)23-11-12-30(26,27)14-16-5-3-2-4-6-16/h2-10,13,15H,11-12,14H2,1H3,(H,23,24,25). The fraction of sp³-hybridized carbons (Fsp3) is 0.182. The minimum atomic E-state index is -3.22. The molecular weight excluding hydrogens is 418 g/mol. The minimum Gasteiger partial charge on any atom is -0.497 e. The van der Waals surface area contributed by atoms with E-state index >= 15 is 0 Å². The van der Waals surface area contributed by atoms with Gasteiger partial charge in [0.05, 0.1) is 28.8 Å². The van der Waals surface area contributed by atoms with Gasteiger partial charge in [-0.05, 0) is 41.5 Å². The molecule has 0 aliphatic carbocycles. The van der Waals surface area contributed by atoms with Crippen LogP contribution in [0, 0.1) is 0 Å². The van der Waals surface area contributed by atoms with Crippen molar-refractivity contribution in [1.82, 2.24) is 9.97 Å². The number of aromatic nitrogens is 2. The van der Waals surface area contributed by atoms with Crippen molar-refractivity contribution in [1.29, 1.82) is 0 Å². The Morgan fingerprint density at radius 1 is 1.03 bits per heavy atom. The Kier molecular flexibility index (Phi) is 5.96. The van der Waals surface area contributed by atoms with Gasteiger partial charge >= 0.3 is 0 Å². The minimum absolute atomic E-state index is 0.0318. The van der Waals surface area contributed by atoms with Crippen LogP contribution in [0.5, 0.6) is 5.75 Å². The maximum atomic E-state index is 12.4. The van der Waals surface area contributed by atoms with E-state index in [1.54, 1.807) is 18.4 Å². The first-order chi connectivity index (χ1) is 14.5. The first-order valence-electron chi connectivity index (χ1n) is 9.41. The molecular formula is C22H21N3O3S2. The van der Waals surface area contributed by atoms with Gasteiger partial charge in [-0.25, -0.2) is 18.4 Å². The van der Waals surface area contributed by atoms with E-state index in [4.69, 9.17) is 4.74 Å². The average Bonchev–Trinajstić information content (AvgIpc) is 3.19. The summed E-state index contributed by atoms with van der Waals surface area (Å²) in [5.74, 6) is 1.53. The van der Waals surface area contributed by atoms with Crippen molar-refractivity contribution in [2.45, 2.75) is 5.75 Å². The molecule has 1 N–H and O–H groups in total. The van der Waals surface area contributed by atoms with E-state index < -0.39 is 9.84 Å². The number of fused-ring (bicyclic) bond motifs is 1. The normalized spacial score (nSPS) is 11.5. The lowest BCUT2D eigenvalue weighted by atomic mass is 10.2. The number of methoxy groups -OCH3 is 1. The molecule has 154 valence electrons. The molecule has 0 aliphatic heterocycles. The second-order valence-corrected chi connectivity index (χ2v) is 10.0. The Labute approximate surface area is 179 Å². The van der Waals surface area contributed by atoms with Gasteiger partial charge in [0.1, 0.15) is 17.9 Å². The highest BCUT2D eigenvalue weighted by Gasteiger charge is 2.14. The molecule has 0 atom stereocenters. The summed E-state index contributed by atoms with van der Waals surface area (Å²) >= 11 is 1.57. The topological polar surface area (TPSA) is 81.2 Å². The number of ether oxygens (including phenoxy) is 1. The summed E-state index contributed by atoms with van der Waals surface area (Å²) < 4.78 is 31.0. The first kappa shape index (κ1) is 20.3. The van der Waals surface area contributed by atoms with Gasteiger partial charge in [-0.3, -0.25) is 0 Å². The Hall–Kier alpha value is -2.97. The monoisotopic (exact) mass is 439 g/mol. The van der Waals surface area contributed by atoms with Gasteiger partial charge in [0.25, 0.3) is 0 Å². The molecule has 4 aromatic rings. The third kappa shape index (κ3) is 4.77. The highest BCUT2D eigenvalue weighted by molar-refractivity contribution is 7.90. The lowest BCUT2D eigenvalue weighted by molar-refractivity contribution is 0.415. The highest BCUT2D eigenvalue weighted by atomic mass is 32.2. The molecule has 0 amide bonds. The summed E-state index contributed by atoms with van der Waals surface area (Å²) in [7, 11) is -1.58. The number of hydrogen-bond acceptors (Lipinski definition) is 7. The largest absolute Gasteiger partial charge is 0.497 e. The fourth-order valence-corrected chi connectivity index (χ4v) is 5.44. The number of benzene rings is 2. The number of anilines is 1. The van der Waals surface area contributed by atoms with E-state index in [9.17, 15) is 8.42 Å². The van der Waals surface area contributed by atoms with Crippen molar-refractivity contribution in [2.24, 2.45) is 0 Å². The second kappa shape index (κ2) is 8.81. The Balaban J connectivity index is 1.47. The summed E-state index contributed by atoms with van der Waals surface area (Å²) in [6, 6.07) is 19.1. The zero-order valence-electron chi connectivity index (χ0n) is 16.4. The van der Waals surface area contributed by atoms with Gasteiger partial charge in [0.2, 0.25) is 0 Å². The molecule has 0 aliphatic rings. The van der Waals surface area contributed by atoms with Gasteiger partial charge < -0.3 is 10.1 Å². The molecule has 2 heterocycles. The van der Waals surface area contributed by atoms with Crippen LogP contribution in [0.25, 0.3) is 20.7 Å². The van der Waals surface area contributed by atoms with Crippen LogP contribution in [0.3, 0.4) is 0 Å². The second-order valence-electron chi connectivity index (χ2n) is 6.78. The number of nitrogens with one attached hydrogen (secondary N) is 1. The van der Waals surface area contributed by atoms with E-state index in [-0.39, 0.29) is 18.1 Å². The van der Waals surface area contributed by atoms with E-state index in [2.05, 4.69) is 15.3 Å². The van der Waals surface area contributed by atoms with Crippen LogP contribution in [0.1, 0.15) is 5.56 Å². The molecule has 30 heavy (non-hydrogen) atoms. The number of thiophene rings is 1. The molecule has 0 unspecified atom stereocenters. The molecule has 0 radical (unpaired) electrons. The summed E-state index contributed by atoms with van der Waals surface area (Å²) in [6.07, 6.45) is 1.49. The average molecular weight is 440 g/mol. The Morgan fingerprint density at radius 2 is 1.80 bits per heavy atom. The van der Waals surface area contributed by atoms with Crippen LogP contribution >= 0.6 is 11.3 Å².